The Hall–Kier alpha value is -1.06. The first-order valence-electron chi connectivity index (χ1n) is 8.20. The molecule has 3 heteroatoms. The summed E-state index contributed by atoms with van der Waals surface area (Å²) in [5, 5.41) is 0. The van der Waals surface area contributed by atoms with Crippen LogP contribution in [-0.4, -0.2) is 56.2 Å². The van der Waals surface area contributed by atoms with Gasteiger partial charge in [-0.3, -0.25) is 0 Å². The first-order chi connectivity index (χ1) is 10.0. The van der Waals surface area contributed by atoms with Crippen LogP contribution < -0.4 is 4.74 Å². The first-order valence-corrected chi connectivity index (χ1v) is 8.20. The molecule has 0 radical (unpaired) electrons. The van der Waals surface area contributed by atoms with Crippen LogP contribution in [0.25, 0.3) is 0 Å². The SMILES string of the molecule is Cc1cc(OCCCN2CCN(C)CC2)cc(C(C)C)c1. The Bertz CT molecular complexity index is 437. The van der Waals surface area contributed by atoms with Gasteiger partial charge in [0.15, 0.2) is 0 Å². The molecule has 0 bridgehead atoms. The fourth-order valence-corrected chi connectivity index (χ4v) is 2.74. The van der Waals surface area contributed by atoms with Gasteiger partial charge in [0, 0.05) is 32.7 Å². The highest BCUT2D eigenvalue weighted by Gasteiger charge is 2.12. The van der Waals surface area contributed by atoms with Gasteiger partial charge in [0.1, 0.15) is 5.75 Å². The normalized spacial score (nSPS) is 17.4. The molecule has 1 aromatic rings. The van der Waals surface area contributed by atoms with Crippen LogP contribution in [0.4, 0.5) is 0 Å². The van der Waals surface area contributed by atoms with Crippen molar-refractivity contribution in [2.45, 2.75) is 33.1 Å². The number of aryl methyl sites for hydroxylation is 1. The quantitative estimate of drug-likeness (QED) is 0.749. The molecule has 1 aromatic carbocycles. The average molecular weight is 290 g/mol. The molecule has 0 unspecified atom stereocenters. The predicted molar refractivity (Wildman–Crippen MR) is 89.3 cm³/mol. The summed E-state index contributed by atoms with van der Waals surface area (Å²) in [5.41, 5.74) is 2.65. The number of ether oxygens (including phenoxy) is 1. The summed E-state index contributed by atoms with van der Waals surface area (Å²) in [6.45, 7) is 13.3. The van der Waals surface area contributed by atoms with Crippen molar-refractivity contribution in [2.75, 3.05) is 46.4 Å². The van der Waals surface area contributed by atoms with Crippen LogP contribution >= 0.6 is 0 Å². The summed E-state index contributed by atoms with van der Waals surface area (Å²) in [4.78, 5) is 4.94. The van der Waals surface area contributed by atoms with Gasteiger partial charge in [-0.25, -0.2) is 0 Å². The molecular weight excluding hydrogens is 260 g/mol. The lowest BCUT2D eigenvalue weighted by atomic mass is 10.0. The molecule has 1 saturated heterocycles. The van der Waals surface area contributed by atoms with Crippen molar-refractivity contribution < 1.29 is 4.74 Å². The van der Waals surface area contributed by atoms with Crippen molar-refractivity contribution in [3.63, 3.8) is 0 Å². The van der Waals surface area contributed by atoms with Gasteiger partial charge in [0.2, 0.25) is 0 Å². The Kier molecular flexibility index (Phi) is 6.07. The summed E-state index contributed by atoms with van der Waals surface area (Å²) in [7, 11) is 2.20. The van der Waals surface area contributed by atoms with E-state index in [9.17, 15) is 0 Å². The molecule has 1 heterocycles. The summed E-state index contributed by atoms with van der Waals surface area (Å²) in [5.74, 6) is 1.58. The second kappa shape index (κ2) is 7.81. The minimum atomic E-state index is 0.553. The van der Waals surface area contributed by atoms with Crippen molar-refractivity contribution >= 4 is 0 Å². The first kappa shape index (κ1) is 16.3. The molecule has 1 aliphatic rings. The van der Waals surface area contributed by atoms with Crippen molar-refractivity contribution in [2.24, 2.45) is 0 Å². The van der Waals surface area contributed by atoms with Crippen molar-refractivity contribution in [3.8, 4) is 5.75 Å². The number of hydrogen-bond acceptors (Lipinski definition) is 3. The molecule has 3 nitrogen and oxygen atoms in total. The zero-order valence-electron chi connectivity index (χ0n) is 14.1. The number of rotatable bonds is 6. The Balaban J connectivity index is 1.73. The Labute approximate surface area is 129 Å². The highest BCUT2D eigenvalue weighted by Crippen LogP contribution is 2.22. The lowest BCUT2D eigenvalue weighted by molar-refractivity contribution is 0.145. The van der Waals surface area contributed by atoms with Crippen LogP contribution in [0.2, 0.25) is 0 Å². The number of benzene rings is 1. The molecule has 118 valence electrons. The lowest BCUT2D eigenvalue weighted by Crippen LogP contribution is -2.44. The molecule has 0 aliphatic carbocycles. The fourth-order valence-electron chi connectivity index (χ4n) is 2.74. The molecule has 0 atom stereocenters. The van der Waals surface area contributed by atoms with Gasteiger partial charge in [-0.2, -0.15) is 0 Å². The molecule has 1 fully saturated rings. The zero-order chi connectivity index (χ0) is 15.2. The molecule has 21 heavy (non-hydrogen) atoms. The van der Waals surface area contributed by atoms with Crippen LogP contribution in [0, 0.1) is 6.92 Å². The topological polar surface area (TPSA) is 15.7 Å². The maximum atomic E-state index is 5.95. The summed E-state index contributed by atoms with van der Waals surface area (Å²) < 4.78 is 5.95. The van der Waals surface area contributed by atoms with Gasteiger partial charge >= 0.3 is 0 Å². The summed E-state index contributed by atoms with van der Waals surface area (Å²) in [6.07, 6.45) is 1.11. The summed E-state index contributed by atoms with van der Waals surface area (Å²) >= 11 is 0. The van der Waals surface area contributed by atoms with E-state index in [1.54, 1.807) is 0 Å². The van der Waals surface area contributed by atoms with Gasteiger partial charge < -0.3 is 14.5 Å². The molecular formula is C18H30N2O. The Morgan fingerprint density at radius 3 is 2.48 bits per heavy atom. The Morgan fingerprint density at radius 2 is 1.81 bits per heavy atom. The second-order valence-electron chi connectivity index (χ2n) is 6.58. The molecule has 0 N–H and O–H groups in total. The monoisotopic (exact) mass is 290 g/mol. The molecule has 2 rings (SSSR count). The van der Waals surface area contributed by atoms with E-state index in [2.05, 4.69) is 55.8 Å². The van der Waals surface area contributed by atoms with E-state index < -0.39 is 0 Å². The second-order valence-corrected chi connectivity index (χ2v) is 6.58. The minimum Gasteiger partial charge on any atom is -0.494 e. The third-order valence-electron chi connectivity index (χ3n) is 4.22. The largest absolute Gasteiger partial charge is 0.494 e. The number of piperazine rings is 1. The van der Waals surface area contributed by atoms with Gasteiger partial charge in [-0.05, 0) is 49.6 Å². The molecule has 0 spiro atoms. The van der Waals surface area contributed by atoms with E-state index in [0.717, 1.165) is 25.3 Å². The van der Waals surface area contributed by atoms with Gasteiger partial charge in [0.05, 0.1) is 6.61 Å². The maximum absolute atomic E-state index is 5.95. The minimum absolute atomic E-state index is 0.553. The van der Waals surface area contributed by atoms with Crippen LogP contribution in [0.3, 0.4) is 0 Å². The van der Waals surface area contributed by atoms with E-state index in [0.29, 0.717) is 5.92 Å². The zero-order valence-corrected chi connectivity index (χ0v) is 14.1. The van der Waals surface area contributed by atoms with E-state index >= 15 is 0 Å². The van der Waals surface area contributed by atoms with E-state index in [1.807, 2.05) is 0 Å². The maximum Gasteiger partial charge on any atom is 0.119 e. The van der Waals surface area contributed by atoms with Crippen LogP contribution in [0.1, 0.15) is 37.3 Å². The third kappa shape index (κ3) is 5.33. The highest BCUT2D eigenvalue weighted by molar-refractivity contribution is 5.35. The lowest BCUT2D eigenvalue weighted by Gasteiger charge is -2.32. The molecule has 1 aliphatic heterocycles. The predicted octanol–water partition coefficient (Wildman–Crippen LogP) is 3.13. The van der Waals surface area contributed by atoms with Crippen molar-refractivity contribution in [3.05, 3.63) is 29.3 Å². The fraction of sp³-hybridized carbons (Fsp3) is 0.667. The third-order valence-corrected chi connectivity index (χ3v) is 4.22. The van der Waals surface area contributed by atoms with E-state index in [-0.39, 0.29) is 0 Å². The van der Waals surface area contributed by atoms with E-state index in [1.165, 1.54) is 37.3 Å². The van der Waals surface area contributed by atoms with Crippen molar-refractivity contribution in [1.29, 1.82) is 0 Å². The number of hydrogen-bond donors (Lipinski definition) is 0. The van der Waals surface area contributed by atoms with E-state index in [4.69, 9.17) is 4.74 Å². The Morgan fingerprint density at radius 1 is 1.10 bits per heavy atom. The smallest absolute Gasteiger partial charge is 0.119 e. The van der Waals surface area contributed by atoms with Gasteiger partial charge in [0.25, 0.3) is 0 Å². The van der Waals surface area contributed by atoms with Gasteiger partial charge in [-0.1, -0.05) is 19.9 Å². The average Bonchev–Trinajstić information content (AvgIpc) is 2.45. The highest BCUT2D eigenvalue weighted by atomic mass is 16.5. The van der Waals surface area contributed by atoms with Gasteiger partial charge in [-0.15, -0.1) is 0 Å². The van der Waals surface area contributed by atoms with Crippen molar-refractivity contribution in [1.82, 2.24) is 9.80 Å². The summed E-state index contributed by atoms with van der Waals surface area (Å²) in [6, 6.07) is 6.58. The molecule has 0 saturated carbocycles. The standard InChI is InChI=1S/C18H30N2O/c1-15(2)17-12-16(3)13-18(14-17)21-11-5-6-20-9-7-19(4)8-10-20/h12-15H,5-11H2,1-4H3. The molecule has 0 amide bonds. The van der Waals surface area contributed by atoms with Crippen LogP contribution in [0.5, 0.6) is 5.75 Å². The van der Waals surface area contributed by atoms with Crippen LogP contribution in [0.15, 0.2) is 18.2 Å². The molecule has 0 aromatic heterocycles. The van der Waals surface area contributed by atoms with Crippen LogP contribution in [-0.2, 0) is 0 Å². The number of nitrogens with zero attached hydrogens (tertiary/aromatic N) is 2. The number of likely N-dealkylation sites (N-methyl/N-ethyl adjacent to an activating group) is 1.